The van der Waals surface area contributed by atoms with E-state index in [0.717, 1.165) is 0 Å². The number of carbonyl (C=O) groups is 1. The highest BCUT2D eigenvalue weighted by atomic mass is 35.5. The average molecular weight is 208 g/mol. The molecule has 0 spiro atoms. The Morgan fingerprint density at radius 1 is 1.50 bits per heavy atom. The van der Waals surface area contributed by atoms with Gasteiger partial charge in [-0.25, -0.2) is 9.18 Å². The van der Waals surface area contributed by atoms with Gasteiger partial charge in [-0.05, 0) is 0 Å². The summed E-state index contributed by atoms with van der Waals surface area (Å²) in [4.78, 5) is 13.1. The Kier molecular flexibility index (Phi) is 3.94. The molecule has 0 saturated heterocycles. The third kappa shape index (κ3) is 4.12. The number of hydrogen-bond acceptors (Lipinski definition) is 3. The summed E-state index contributed by atoms with van der Waals surface area (Å²) in [5, 5.41) is 1.48. The van der Waals surface area contributed by atoms with Gasteiger partial charge in [0.2, 0.25) is 0 Å². The molecule has 0 aromatic carbocycles. The molecule has 0 aliphatic rings. The Balaban J connectivity index is 4.04. The molecule has 0 radical (unpaired) electrons. The van der Waals surface area contributed by atoms with E-state index in [4.69, 9.17) is 11.6 Å². The van der Waals surface area contributed by atoms with Crippen LogP contribution in [0.1, 0.15) is 0 Å². The maximum Gasteiger partial charge on any atom is 0.493 e. The fourth-order valence-electron chi connectivity index (χ4n) is 0.167. The molecule has 0 aromatic rings. The molecule has 0 atom stereocenters. The summed E-state index contributed by atoms with van der Waals surface area (Å²) >= 11 is 4.79. The fourth-order valence-corrected chi connectivity index (χ4v) is 0.202. The normalized spacial score (nSPS) is 12.9. The average Bonchev–Trinajstić information content (AvgIpc) is 1.97. The minimum Gasteiger partial charge on any atom is -0.308 e. The van der Waals surface area contributed by atoms with Crippen LogP contribution in [0.2, 0.25) is 0 Å². The number of rotatable bonds is 2. The summed E-state index contributed by atoms with van der Waals surface area (Å²) in [6, 6.07) is 0. The lowest BCUT2D eigenvalue weighted by atomic mass is 10.7. The van der Waals surface area contributed by atoms with Crippen molar-refractivity contribution in [1.29, 1.82) is 0 Å². The van der Waals surface area contributed by atoms with E-state index in [1.165, 1.54) is 0 Å². The molecular formula is C4H2ClF4NO2. The molecule has 8 heteroatoms. The lowest BCUT2D eigenvalue weighted by Gasteiger charge is -2.00. The van der Waals surface area contributed by atoms with Gasteiger partial charge in [0.05, 0.1) is 0 Å². The smallest absolute Gasteiger partial charge is 0.308 e. The van der Waals surface area contributed by atoms with E-state index in [1.807, 2.05) is 0 Å². The molecule has 0 heterocycles. The largest absolute Gasteiger partial charge is 0.493 e. The first kappa shape index (κ1) is 11.2. The van der Waals surface area contributed by atoms with Crippen LogP contribution in [-0.2, 0) is 9.63 Å². The lowest BCUT2D eigenvalue weighted by molar-refractivity contribution is -0.199. The van der Waals surface area contributed by atoms with Crippen molar-refractivity contribution < 1.29 is 27.2 Å². The van der Waals surface area contributed by atoms with Crippen LogP contribution in [0.4, 0.5) is 17.6 Å². The van der Waals surface area contributed by atoms with Gasteiger partial charge in [0, 0.05) is 0 Å². The summed E-state index contributed by atoms with van der Waals surface area (Å²) in [5.41, 5.74) is 0. The minimum atomic E-state index is -5.16. The highest BCUT2D eigenvalue weighted by Crippen LogP contribution is 2.16. The maximum absolute atomic E-state index is 11.4. The summed E-state index contributed by atoms with van der Waals surface area (Å²) in [6.45, 7) is -1.30. The quantitative estimate of drug-likeness (QED) is 0.299. The highest BCUT2D eigenvalue weighted by molar-refractivity contribution is 6.65. The molecule has 70 valence electrons. The molecular weight excluding hydrogens is 205 g/mol. The van der Waals surface area contributed by atoms with Crippen molar-refractivity contribution in [2.45, 2.75) is 6.18 Å². The van der Waals surface area contributed by atoms with Crippen LogP contribution in [0, 0.1) is 0 Å². The van der Waals surface area contributed by atoms with Crippen LogP contribution < -0.4 is 0 Å². The van der Waals surface area contributed by atoms with E-state index in [0.29, 0.717) is 0 Å². The van der Waals surface area contributed by atoms with Gasteiger partial charge in [0.25, 0.3) is 0 Å². The van der Waals surface area contributed by atoms with Crippen molar-refractivity contribution >= 4 is 22.7 Å². The van der Waals surface area contributed by atoms with Crippen molar-refractivity contribution in [1.82, 2.24) is 0 Å². The van der Waals surface area contributed by atoms with Crippen LogP contribution in [-0.4, -0.2) is 24.0 Å². The van der Waals surface area contributed by atoms with E-state index in [-0.39, 0.29) is 0 Å². The number of oxime groups is 1. The monoisotopic (exact) mass is 207 g/mol. The Bertz CT molecular complexity index is 202. The number of nitrogens with zero attached hydrogens (tertiary/aromatic N) is 1. The van der Waals surface area contributed by atoms with Gasteiger partial charge in [-0.2, -0.15) is 13.2 Å². The Morgan fingerprint density at radius 3 is 2.33 bits per heavy atom. The Hall–Kier alpha value is -0.850. The molecule has 0 aromatic heterocycles. The van der Waals surface area contributed by atoms with Crippen LogP contribution in [0.3, 0.4) is 0 Å². The van der Waals surface area contributed by atoms with Gasteiger partial charge in [-0.1, -0.05) is 16.8 Å². The lowest BCUT2D eigenvalue weighted by Crippen LogP contribution is -2.23. The zero-order valence-corrected chi connectivity index (χ0v) is 6.12. The van der Waals surface area contributed by atoms with Gasteiger partial charge in [0.15, 0.2) is 5.17 Å². The molecule has 0 saturated carbocycles. The first-order chi connectivity index (χ1) is 5.38. The summed E-state index contributed by atoms with van der Waals surface area (Å²) in [5.74, 6) is -2.55. The second kappa shape index (κ2) is 4.24. The van der Waals surface area contributed by atoms with Crippen LogP contribution in [0.25, 0.3) is 0 Å². The van der Waals surface area contributed by atoms with E-state index >= 15 is 0 Å². The molecule has 0 amide bonds. The van der Waals surface area contributed by atoms with E-state index in [9.17, 15) is 22.4 Å². The Morgan fingerprint density at radius 2 is 2.00 bits per heavy atom. The summed E-state index contributed by atoms with van der Waals surface area (Å²) in [6.07, 6.45) is -5.16. The minimum absolute atomic E-state index is 0.868. The van der Waals surface area contributed by atoms with E-state index < -0.39 is 24.0 Å². The predicted octanol–water partition coefficient (Wildman–Crippen LogP) is 1.61. The highest BCUT2D eigenvalue weighted by Gasteiger charge is 2.41. The molecule has 0 bridgehead atoms. The van der Waals surface area contributed by atoms with Crippen LogP contribution in [0.15, 0.2) is 5.16 Å². The van der Waals surface area contributed by atoms with Crippen molar-refractivity contribution in [3.8, 4) is 0 Å². The third-order valence-electron chi connectivity index (χ3n) is 0.569. The Labute approximate surface area is 68.9 Å². The summed E-state index contributed by atoms with van der Waals surface area (Å²) < 4.78 is 45.4. The van der Waals surface area contributed by atoms with Gasteiger partial charge in [0.1, 0.15) is 6.67 Å². The van der Waals surface area contributed by atoms with E-state index in [1.54, 1.807) is 0 Å². The molecule has 0 aliphatic heterocycles. The molecule has 12 heavy (non-hydrogen) atoms. The third-order valence-corrected chi connectivity index (χ3v) is 0.739. The zero-order chi connectivity index (χ0) is 9.78. The molecule has 0 rings (SSSR count). The van der Waals surface area contributed by atoms with Crippen molar-refractivity contribution in [2.24, 2.45) is 5.16 Å². The number of hydrogen-bond donors (Lipinski definition) is 0. The van der Waals surface area contributed by atoms with E-state index in [2.05, 4.69) is 9.99 Å². The predicted molar refractivity (Wildman–Crippen MR) is 31.4 cm³/mol. The number of carbonyl (C=O) groups excluding carboxylic acids is 1. The van der Waals surface area contributed by atoms with Crippen molar-refractivity contribution in [3.05, 3.63) is 0 Å². The first-order valence-corrected chi connectivity index (χ1v) is 2.82. The SMILES string of the molecule is O=C(O/N=C(\Cl)CF)C(F)(F)F. The fraction of sp³-hybridized carbons (Fsp3) is 0.500. The zero-order valence-electron chi connectivity index (χ0n) is 5.36. The standard InChI is InChI=1S/C4H2ClF4NO2/c5-2(1-6)10-12-3(11)4(7,8)9/h1H2/b10-2-. The maximum atomic E-state index is 11.4. The van der Waals surface area contributed by atoms with Gasteiger partial charge < -0.3 is 4.84 Å². The topological polar surface area (TPSA) is 38.7 Å². The number of alkyl halides is 4. The van der Waals surface area contributed by atoms with Crippen molar-refractivity contribution in [3.63, 3.8) is 0 Å². The molecule has 0 N–H and O–H groups in total. The molecule has 0 aliphatic carbocycles. The molecule has 0 fully saturated rings. The first-order valence-electron chi connectivity index (χ1n) is 2.44. The van der Waals surface area contributed by atoms with Gasteiger partial charge in [-0.3, -0.25) is 0 Å². The summed E-state index contributed by atoms with van der Waals surface area (Å²) in [7, 11) is 0. The second-order valence-electron chi connectivity index (χ2n) is 1.48. The molecule has 3 nitrogen and oxygen atoms in total. The van der Waals surface area contributed by atoms with Crippen LogP contribution in [0.5, 0.6) is 0 Å². The molecule has 0 unspecified atom stereocenters. The van der Waals surface area contributed by atoms with Crippen LogP contribution >= 0.6 is 11.6 Å². The number of halogens is 5. The van der Waals surface area contributed by atoms with Crippen molar-refractivity contribution in [2.75, 3.05) is 6.67 Å². The van der Waals surface area contributed by atoms with Gasteiger partial charge in [-0.15, -0.1) is 0 Å². The second-order valence-corrected chi connectivity index (χ2v) is 1.91. The van der Waals surface area contributed by atoms with Gasteiger partial charge >= 0.3 is 12.1 Å².